The fraction of sp³-hybridized carbons (Fsp3) is 0.222. The molecule has 3 nitrogen and oxygen atoms in total. The molecule has 1 N–H and O–H groups in total. The summed E-state index contributed by atoms with van der Waals surface area (Å²) in [5.74, 6) is -0.0917. The zero-order valence-electron chi connectivity index (χ0n) is 7.06. The number of thiol groups is 1. The van der Waals surface area contributed by atoms with E-state index in [1.807, 2.05) is 18.2 Å². The van der Waals surface area contributed by atoms with E-state index in [2.05, 4.69) is 22.4 Å². The van der Waals surface area contributed by atoms with E-state index >= 15 is 0 Å². The highest BCUT2D eigenvalue weighted by molar-refractivity contribution is 7.75. The number of amides is 1. The summed E-state index contributed by atoms with van der Waals surface area (Å²) in [6.07, 6.45) is 0. The van der Waals surface area contributed by atoms with Crippen LogP contribution in [0.15, 0.2) is 30.3 Å². The van der Waals surface area contributed by atoms with Crippen molar-refractivity contribution in [2.75, 3.05) is 13.2 Å². The molecule has 4 heteroatoms. The van der Waals surface area contributed by atoms with Crippen LogP contribution in [-0.2, 0) is 4.18 Å². The molecule has 13 heavy (non-hydrogen) atoms. The van der Waals surface area contributed by atoms with Gasteiger partial charge in [0.25, 0.3) is 5.91 Å². The maximum atomic E-state index is 11.3. The Kier molecular flexibility index (Phi) is 4.35. The highest BCUT2D eigenvalue weighted by Gasteiger charge is 2.01. The van der Waals surface area contributed by atoms with E-state index < -0.39 is 0 Å². The van der Waals surface area contributed by atoms with E-state index in [1.54, 1.807) is 12.1 Å². The van der Waals surface area contributed by atoms with Crippen molar-refractivity contribution in [2.24, 2.45) is 0 Å². The van der Waals surface area contributed by atoms with E-state index in [0.29, 0.717) is 18.7 Å². The standard InChI is InChI=1S/C9H11NO2S/c11-9(10-6-7-12-13)8-4-2-1-3-5-8/h1-5,13H,6-7H2,(H,10,11). The minimum atomic E-state index is -0.0917. The maximum Gasteiger partial charge on any atom is 0.251 e. The third-order valence-electron chi connectivity index (χ3n) is 1.51. The lowest BCUT2D eigenvalue weighted by Crippen LogP contribution is -2.26. The lowest BCUT2D eigenvalue weighted by atomic mass is 10.2. The first-order valence-electron chi connectivity index (χ1n) is 3.94. The number of rotatable bonds is 4. The molecule has 0 aliphatic carbocycles. The van der Waals surface area contributed by atoms with Crippen LogP contribution in [0.4, 0.5) is 0 Å². The smallest absolute Gasteiger partial charge is 0.251 e. The van der Waals surface area contributed by atoms with E-state index in [9.17, 15) is 4.79 Å². The van der Waals surface area contributed by atoms with Gasteiger partial charge in [0, 0.05) is 12.1 Å². The number of hydrogen-bond acceptors (Lipinski definition) is 3. The third-order valence-corrected chi connectivity index (χ3v) is 1.70. The number of carbonyl (C=O) groups excluding carboxylic acids is 1. The van der Waals surface area contributed by atoms with Gasteiger partial charge in [-0.3, -0.25) is 4.79 Å². The van der Waals surface area contributed by atoms with Gasteiger partial charge >= 0.3 is 0 Å². The molecular weight excluding hydrogens is 186 g/mol. The van der Waals surface area contributed by atoms with E-state index in [1.165, 1.54) is 0 Å². The van der Waals surface area contributed by atoms with Gasteiger partial charge in [0.2, 0.25) is 0 Å². The quantitative estimate of drug-likeness (QED) is 0.433. The van der Waals surface area contributed by atoms with Crippen molar-refractivity contribution in [3.63, 3.8) is 0 Å². The van der Waals surface area contributed by atoms with Gasteiger partial charge in [-0.25, -0.2) is 0 Å². The van der Waals surface area contributed by atoms with Crippen molar-refractivity contribution in [3.8, 4) is 0 Å². The second kappa shape index (κ2) is 5.61. The summed E-state index contributed by atoms with van der Waals surface area (Å²) in [6, 6.07) is 9.04. The molecule has 0 radical (unpaired) electrons. The molecule has 70 valence electrons. The molecule has 0 aliphatic rings. The lowest BCUT2D eigenvalue weighted by Gasteiger charge is -2.02. The van der Waals surface area contributed by atoms with Crippen molar-refractivity contribution >= 4 is 18.8 Å². The first-order valence-corrected chi connectivity index (χ1v) is 4.30. The van der Waals surface area contributed by atoms with Crippen molar-refractivity contribution < 1.29 is 8.98 Å². The summed E-state index contributed by atoms with van der Waals surface area (Å²) in [7, 11) is 0. The molecule has 0 heterocycles. The summed E-state index contributed by atoms with van der Waals surface area (Å²) >= 11 is 3.56. The Labute approximate surface area is 82.7 Å². The van der Waals surface area contributed by atoms with Gasteiger partial charge in [-0.15, -0.1) is 0 Å². The van der Waals surface area contributed by atoms with Gasteiger partial charge in [0.05, 0.1) is 6.61 Å². The summed E-state index contributed by atoms with van der Waals surface area (Å²) in [6.45, 7) is 0.874. The van der Waals surface area contributed by atoms with Crippen LogP contribution in [0, 0.1) is 0 Å². The molecule has 0 bridgehead atoms. The molecule has 1 amide bonds. The number of nitrogens with one attached hydrogen (secondary N) is 1. The predicted octanol–water partition coefficient (Wildman–Crippen LogP) is 1.28. The Bertz CT molecular complexity index is 264. The summed E-state index contributed by atoms with van der Waals surface area (Å²) in [5.41, 5.74) is 0.654. The van der Waals surface area contributed by atoms with E-state index in [4.69, 9.17) is 0 Å². The van der Waals surface area contributed by atoms with Crippen LogP contribution >= 0.6 is 12.9 Å². The van der Waals surface area contributed by atoms with Gasteiger partial charge in [-0.2, -0.15) is 0 Å². The average Bonchev–Trinajstić information content (AvgIpc) is 2.19. The minimum absolute atomic E-state index is 0.0917. The Morgan fingerprint density at radius 2 is 2.08 bits per heavy atom. The fourth-order valence-electron chi connectivity index (χ4n) is 0.902. The van der Waals surface area contributed by atoms with Gasteiger partial charge in [-0.1, -0.05) is 18.2 Å². The summed E-state index contributed by atoms with van der Waals surface area (Å²) < 4.78 is 4.51. The Morgan fingerprint density at radius 3 is 2.69 bits per heavy atom. The van der Waals surface area contributed by atoms with Crippen LogP contribution in [0.5, 0.6) is 0 Å². The molecule has 0 saturated heterocycles. The average molecular weight is 197 g/mol. The number of benzene rings is 1. The third kappa shape index (κ3) is 3.48. The summed E-state index contributed by atoms with van der Waals surface area (Å²) in [4.78, 5) is 11.3. The van der Waals surface area contributed by atoms with Crippen LogP contribution in [-0.4, -0.2) is 19.1 Å². The largest absolute Gasteiger partial charge is 0.350 e. The monoisotopic (exact) mass is 197 g/mol. The molecule has 1 aromatic carbocycles. The van der Waals surface area contributed by atoms with E-state index in [-0.39, 0.29) is 5.91 Å². The van der Waals surface area contributed by atoms with Crippen molar-refractivity contribution in [2.45, 2.75) is 0 Å². The first kappa shape index (κ1) is 10.1. The molecule has 0 unspecified atom stereocenters. The molecule has 0 fully saturated rings. The van der Waals surface area contributed by atoms with Crippen LogP contribution in [0.2, 0.25) is 0 Å². The second-order valence-electron chi connectivity index (χ2n) is 2.46. The predicted molar refractivity (Wildman–Crippen MR) is 53.7 cm³/mol. The zero-order valence-corrected chi connectivity index (χ0v) is 7.96. The van der Waals surface area contributed by atoms with Crippen molar-refractivity contribution in [1.29, 1.82) is 0 Å². The summed E-state index contributed by atoms with van der Waals surface area (Å²) in [5, 5.41) is 2.69. The normalized spacial score (nSPS) is 9.62. The molecule has 1 aromatic rings. The van der Waals surface area contributed by atoms with Crippen molar-refractivity contribution in [3.05, 3.63) is 35.9 Å². The molecule has 0 aliphatic heterocycles. The second-order valence-corrected chi connectivity index (χ2v) is 2.71. The first-order chi connectivity index (χ1) is 6.34. The van der Waals surface area contributed by atoms with Crippen molar-refractivity contribution in [1.82, 2.24) is 5.32 Å². The number of carbonyl (C=O) groups is 1. The van der Waals surface area contributed by atoms with Crippen LogP contribution in [0.3, 0.4) is 0 Å². The topological polar surface area (TPSA) is 38.3 Å². The number of hydrogen-bond donors (Lipinski definition) is 2. The molecule has 1 rings (SSSR count). The minimum Gasteiger partial charge on any atom is -0.350 e. The lowest BCUT2D eigenvalue weighted by molar-refractivity contribution is 0.0948. The molecule has 0 aromatic heterocycles. The van der Waals surface area contributed by atoms with Crippen LogP contribution < -0.4 is 5.32 Å². The van der Waals surface area contributed by atoms with Crippen LogP contribution in [0.25, 0.3) is 0 Å². The highest BCUT2D eigenvalue weighted by atomic mass is 32.1. The fourth-order valence-corrected chi connectivity index (χ4v) is 0.993. The molecular formula is C9H11NO2S. The molecule has 0 spiro atoms. The highest BCUT2D eigenvalue weighted by Crippen LogP contribution is 1.97. The Balaban J connectivity index is 2.40. The Hall–Kier alpha value is -1.00. The molecule has 0 saturated carbocycles. The van der Waals surface area contributed by atoms with Crippen LogP contribution in [0.1, 0.15) is 10.4 Å². The zero-order chi connectivity index (χ0) is 9.52. The van der Waals surface area contributed by atoms with Gasteiger partial charge in [0.15, 0.2) is 0 Å². The Morgan fingerprint density at radius 1 is 1.38 bits per heavy atom. The molecule has 0 atom stereocenters. The van der Waals surface area contributed by atoms with Gasteiger partial charge in [-0.05, 0) is 25.0 Å². The maximum absolute atomic E-state index is 11.3. The van der Waals surface area contributed by atoms with Gasteiger partial charge < -0.3 is 9.50 Å². The van der Waals surface area contributed by atoms with E-state index in [0.717, 1.165) is 0 Å². The van der Waals surface area contributed by atoms with Gasteiger partial charge in [0.1, 0.15) is 0 Å². The SMILES string of the molecule is O=C(NCCOS)c1ccccc1.